The largest absolute Gasteiger partial charge is 0.380 e. The van der Waals surface area contributed by atoms with Crippen LogP contribution in [0.4, 0.5) is 0 Å². The monoisotopic (exact) mass is 256 g/mol. The molecule has 2 unspecified atom stereocenters. The lowest BCUT2D eigenvalue weighted by molar-refractivity contribution is -0.133. The predicted octanol–water partition coefficient (Wildman–Crippen LogP) is 1.70. The quantitative estimate of drug-likeness (QED) is 0.729. The molecular formula is C14H28N2O2. The molecule has 18 heavy (non-hydrogen) atoms. The zero-order valence-electron chi connectivity index (χ0n) is 12.1. The summed E-state index contributed by atoms with van der Waals surface area (Å²) in [5.74, 6) is 0.198. The summed E-state index contributed by atoms with van der Waals surface area (Å²) in [5, 5.41) is 6.47. The first kappa shape index (κ1) is 15.4. The normalized spacial score (nSPS) is 25.7. The van der Waals surface area contributed by atoms with Gasteiger partial charge in [0, 0.05) is 19.2 Å². The second kappa shape index (κ2) is 7.74. The van der Waals surface area contributed by atoms with Gasteiger partial charge < -0.3 is 15.4 Å². The molecule has 1 heterocycles. The van der Waals surface area contributed by atoms with Crippen LogP contribution in [0, 0.1) is 5.41 Å². The van der Waals surface area contributed by atoms with Crippen LogP contribution < -0.4 is 10.6 Å². The molecule has 4 heteroatoms. The minimum atomic E-state index is -0.201. The number of amides is 1. The zero-order chi connectivity index (χ0) is 13.4. The number of rotatable bonds is 7. The van der Waals surface area contributed by atoms with E-state index in [0.29, 0.717) is 13.2 Å². The Hall–Kier alpha value is -0.610. The summed E-state index contributed by atoms with van der Waals surface area (Å²) < 4.78 is 5.35. The lowest BCUT2D eigenvalue weighted by Crippen LogP contribution is -2.53. The first-order valence-corrected chi connectivity index (χ1v) is 7.24. The summed E-state index contributed by atoms with van der Waals surface area (Å²) >= 11 is 0. The van der Waals surface area contributed by atoms with Crippen LogP contribution in [0.3, 0.4) is 0 Å². The zero-order valence-corrected chi connectivity index (χ0v) is 12.1. The Morgan fingerprint density at radius 1 is 1.50 bits per heavy atom. The van der Waals surface area contributed by atoms with Crippen molar-refractivity contribution >= 4 is 5.91 Å². The van der Waals surface area contributed by atoms with E-state index in [1.165, 1.54) is 0 Å². The fraction of sp³-hybridized carbons (Fsp3) is 0.929. The van der Waals surface area contributed by atoms with Crippen LogP contribution in [-0.2, 0) is 9.53 Å². The fourth-order valence-corrected chi connectivity index (χ4v) is 2.68. The lowest BCUT2D eigenvalue weighted by atomic mass is 9.76. The van der Waals surface area contributed by atoms with Crippen LogP contribution in [-0.4, -0.2) is 38.3 Å². The molecule has 1 aliphatic rings. The molecule has 0 aliphatic carbocycles. The van der Waals surface area contributed by atoms with Gasteiger partial charge in [0.05, 0.1) is 12.0 Å². The summed E-state index contributed by atoms with van der Waals surface area (Å²) in [5.41, 5.74) is -0.201. The molecule has 0 aromatic carbocycles. The van der Waals surface area contributed by atoms with Crippen LogP contribution in [0.2, 0.25) is 0 Å². The molecule has 1 fully saturated rings. The Labute approximate surface area is 111 Å². The molecule has 1 saturated heterocycles. The van der Waals surface area contributed by atoms with E-state index in [1.54, 1.807) is 0 Å². The second-order valence-electron chi connectivity index (χ2n) is 5.34. The number of nitrogens with one attached hydrogen (secondary N) is 2. The molecule has 0 saturated carbocycles. The standard InChI is InChI=1S/C14H28N2O2/c1-4-7-14(8-6-9-15-11-14)13(17)16-12(3)10-18-5-2/h12,15H,4-11H2,1-3H3,(H,16,17). The van der Waals surface area contributed by atoms with Gasteiger partial charge in [-0.05, 0) is 39.7 Å². The van der Waals surface area contributed by atoms with Crippen molar-refractivity contribution in [1.82, 2.24) is 10.6 Å². The predicted molar refractivity (Wildman–Crippen MR) is 73.5 cm³/mol. The van der Waals surface area contributed by atoms with Crippen LogP contribution in [0.15, 0.2) is 0 Å². The van der Waals surface area contributed by atoms with E-state index in [2.05, 4.69) is 17.6 Å². The maximum atomic E-state index is 12.5. The van der Waals surface area contributed by atoms with Crippen molar-refractivity contribution in [2.24, 2.45) is 5.41 Å². The molecule has 1 amide bonds. The maximum absolute atomic E-state index is 12.5. The molecule has 1 aliphatic heterocycles. The van der Waals surface area contributed by atoms with Gasteiger partial charge in [-0.15, -0.1) is 0 Å². The number of hydrogen-bond donors (Lipinski definition) is 2. The SMILES string of the molecule is CCCC1(C(=O)NC(C)COCC)CCCNC1. The third-order valence-corrected chi connectivity index (χ3v) is 3.63. The van der Waals surface area contributed by atoms with Crippen LogP contribution in [0.5, 0.6) is 0 Å². The summed E-state index contributed by atoms with van der Waals surface area (Å²) in [6.45, 7) is 9.26. The van der Waals surface area contributed by atoms with Gasteiger partial charge in [0.1, 0.15) is 0 Å². The van der Waals surface area contributed by atoms with Gasteiger partial charge in [-0.25, -0.2) is 0 Å². The smallest absolute Gasteiger partial charge is 0.227 e. The summed E-state index contributed by atoms with van der Waals surface area (Å²) in [6.07, 6.45) is 4.11. The molecule has 2 N–H and O–H groups in total. The fourth-order valence-electron chi connectivity index (χ4n) is 2.68. The molecule has 0 radical (unpaired) electrons. The van der Waals surface area contributed by atoms with Crippen LogP contribution >= 0.6 is 0 Å². The van der Waals surface area contributed by atoms with Crippen molar-refractivity contribution in [3.8, 4) is 0 Å². The third kappa shape index (κ3) is 4.25. The Bertz CT molecular complexity index is 245. The Morgan fingerprint density at radius 3 is 2.83 bits per heavy atom. The molecule has 106 valence electrons. The van der Waals surface area contributed by atoms with Crippen molar-refractivity contribution in [2.75, 3.05) is 26.3 Å². The van der Waals surface area contributed by atoms with Gasteiger partial charge in [-0.1, -0.05) is 13.3 Å². The molecule has 0 aromatic rings. The van der Waals surface area contributed by atoms with E-state index in [4.69, 9.17) is 4.74 Å². The summed E-state index contributed by atoms with van der Waals surface area (Å²) in [6, 6.07) is 0.0908. The van der Waals surface area contributed by atoms with Gasteiger partial charge in [0.2, 0.25) is 5.91 Å². The van der Waals surface area contributed by atoms with Gasteiger partial charge in [0.15, 0.2) is 0 Å². The first-order chi connectivity index (χ1) is 8.64. The number of ether oxygens (including phenoxy) is 1. The van der Waals surface area contributed by atoms with Crippen molar-refractivity contribution in [2.45, 2.75) is 52.5 Å². The van der Waals surface area contributed by atoms with Gasteiger partial charge in [0.25, 0.3) is 0 Å². The number of piperidine rings is 1. The third-order valence-electron chi connectivity index (χ3n) is 3.63. The minimum Gasteiger partial charge on any atom is -0.380 e. The van der Waals surface area contributed by atoms with Crippen molar-refractivity contribution < 1.29 is 9.53 Å². The van der Waals surface area contributed by atoms with Gasteiger partial charge in [-0.2, -0.15) is 0 Å². The highest BCUT2D eigenvalue weighted by Gasteiger charge is 2.38. The van der Waals surface area contributed by atoms with Crippen molar-refractivity contribution in [3.05, 3.63) is 0 Å². The van der Waals surface area contributed by atoms with Crippen molar-refractivity contribution in [1.29, 1.82) is 0 Å². The molecule has 2 atom stereocenters. The number of carbonyl (C=O) groups is 1. The molecule has 0 aromatic heterocycles. The average Bonchev–Trinajstić information content (AvgIpc) is 2.37. The van der Waals surface area contributed by atoms with E-state index in [-0.39, 0.29) is 17.4 Å². The van der Waals surface area contributed by atoms with E-state index in [0.717, 1.165) is 38.8 Å². The summed E-state index contributed by atoms with van der Waals surface area (Å²) in [4.78, 5) is 12.5. The average molecular weight is 256 g/mol. The molecule has 1 rings (SSSR count). The summed E-state index contributed by atoms with van der Waals surface area (Å²) in [7, 11) is 0. The second-order valence-corrected chi connectivity index (χ2v) is 5.34. The Morgan fingerprint density at radius 2 is 2.28 bits per heavy atom. The van der Waals surface area contributed by atoms with E-state index >= 15 is 0 Å². The van der Waals surface area contributed by atoms with Gasteiger partial charge >= 0.3 is 0 Å². The Kier molecular flexibility index (Phi) is 6.65. The molecule has 0 spiro atoms. The topological polar surface area (TPSA) is 50.4 Å². The molecular weight excluding hydrogens is 228 g/mol. The lowest BCUT2D eigenvalue weighted by Gasteiger charge is -2.37. The Balaban J connectivity index is 2.53. The van der Waals surface area contributed by atoms with E-state index in [1.807, 2.05) is 13.8 Å². The number of carbonyl (C=O) groups excluding carboxylic acids is 1. The minimum absolute atomic E-state index is 0.0908. The van der Waals surface area contributed by atoms with E-state index < -0.39 is 0 Å². The number of hydrogen-bond acceptors (Lipinski definition) is 3. The highest BCUT2D eigenvalue weighted by molar-refractivity contribution is 5.83. The van der Waals surface area contributed by atoms with Crippen LogP contribution in [0.1, 0.15) is 46.5 Å². The maximum Gasteiger partial charge on any atom is 0.227 e. The van der Waals surface area contributed by atoms with E-state index in [9.17, 15) is 4.79 Å². The molecule has 0 bridgehead atoms. The first-order valence-electron chi connectivity index (χ1n) is 7.24. The van der Waals surface area contributed by atoms with Crippen LogP contribution in [0.25, 0.3) is 0 Å². The van der Waals surface area contributed by atoms with Gasteiger partial charge in [-0.3, -0.25) is 4.79 Å². The highest BCUT2D eigenvalue weighted by atomic mass is 16.5. The molecule has 4 nitrogen and oxygen atoms in total. The highest BCUT2D eigenvalue weighted by Crippen LogP contribution is 2.31. The van der Waals surface area contributed by atoms with Crippen molar-refractivity contribution in [3.63, 3.8) is 0 Å².